The third-order valence-corrected chi connectivity index (χ3v) is 11.0. The van der Waals surface area contributed by atoms with Crippen LogP contribution in [0.4, 0.5) is 0 Å². The fourth-order valence-corrected chi connectivity index (χ4v) is 8.69. The van der Waals surface area contributed by atoms with E-state index in [1.54, 1.807) is 6.92 Å². The highest BCUT2D eigenvalue weighted by molar-refractivity contribution is 14.1. The van der Waals surface area contributed by atoms with E-state index in [1.165, 1.54) is 14.0 Å². The molecule has 0 N–H and O–H groups in total. The van der Waals surface area contributed by atoms with Crippen LogP contribution in [-0.2, 0) is 9.22 Å². The third kappa shape index (κ3) is 5.88. The summed E-state index contributed by atoms with van der Waals surface area (Å²) in [6.07, 6.45) is 4.47. The molecule has 0 saturated carbocycles. The van der Waals surface area contributed by atoms with Gasteiger partial charge in [-0.25, -0.2) is 0 Å². The maximum Gasteiger partial charge on any atom is 0.261 e. The zero-order valence-corrected chi connectivity index (χ0v) is 20.5. The molecule has 0 unspecified atom stereocenters. The molecule has 0 aliphatic rings. The first-order chi connectivity index (χ1) is 13.3. The first kappa shape index (κ1) is 23.0. The van der Waals surface area contributed by atoms with Gasteiger partial charge in [0.05, 0.1) is 0 Å². The molecule has 2 aromatic rings. The van der Waals surface area contributed by atoms with Crippen LogP contribution in [0, 0.1) is 0 Å². The summed E-state index contributed by atoms with van der Waals surface area (Å²) < 4.78 is 8.15. The minimum atomic E-state index is -2.45. The van der Waals surface area contributed by atoms with Crippen molar-refractivity contribution in [3.63, 3.8) is 0 Å². The Morgan fingerprint density at radius 3 is 1.89 bits per heavy atom. The van der Waals surface area contributed by atoms with Gasteiger partial charge in [-0.3, -0.25) is 0 Å². The average molecular weight is 507 g/mol. The molecule has 0 aromatic heterocycles. The van der Waals surface area contributed by atoms with Crippen molar-refractivity contribution in [1.82, 2.24) is 0 Å². The molecule has 2 rings (SSSR count). The van der Waals surface area contributed by atoms with Gasteiger partial charge in [0.25, 0.3) is 8.32 Å². The van der Waals surface area contributed by atoms with Crippen LogP contribution in [0.15, 0.2) is 70.3 Å². The van der Waals surface area contributed by atoms with Gasteiger partial charge in [0, 0.05) is 13.0 Å². The molecule has 150 valence electrons. The Morgan fingerprint density at radius 2 is 1.46 bits per heavy atom. The van der Waals surface area contributed by atoms with E-state index in [1.807, 2.05) is 0 Å². The van der Waals surface area contributed by atoms with Crippen molar-refractivity contribution in [2.75, 3.05) is 6.61 Å². The summed E-state index contributed by atoms with van der Waals surface area (Å²) >= 11 is 2.38. The molecule has 0 bridgehead atoms. The van der Waals surface area contributed by atoms with Crippen molar-refractivity contribution in [2.24, 2.45) is 0 Å². The van der Waals surface area contributed by atoms with Crippen molar-refractivity contribution in [1.29, 1.82) is 0 Å². The monoisotopic (exact) mass is 506 g/mol. The van der Waals surface area contributed by atoms with Crippen molar-refractivity contribution >= 4 is 47.1 Å². The Hall–Kier alpha value is -1.24. The minimum absolute atomic E-state index is 0.000509. The third-order valence-electron chi connectivity index (χ3n) is 4.94. The van der Waals surface area contributed by atoms with Crippen LogP contribution in [0.5, 0.6) is 0 Å². The summed E-state index contributed by atoms with van der Waals surface area (Å²) in [5.41, 5.74) is 0. The highest BCUT2D eigenvalue weighted by Gasteiger charge is 2.49. The molecular formula is C24H31IO2Si. The van der Waals surface area contributed by atoms with E-state index in [4.69, 9.17) is 4.43 Å². The van der Waals surface area contributed by atoms with E-state index in [-0.39, 0.29) is 10.8 Å². The fraction of sp³-hybridized carbons (Fsp3) is 0.375. The van der Waals surface area contributed by atoms with Crippen LogP contribution in [0.25, 0.3) is 0 Å². The van der Waals surface area contributed by atoms with Gasteiger partial charge < -0.3 is 9.22 Å². The van der Waals surface area contributed by atoms with Crippen molar-refractivity contribution in [3.05, 3.63) is 70.3 Å². The summed E-state index contributed by atoms with van der Waals surface area (Å²) in [6, 6.07) is 21.5. The number of hydrogen-bond donors (Lipinski definition) is 0. The van der Waals surface area contributed by atoms with Crippen LogP contribution in [0.3, 0.4) is 0 Å². The molecular weight excluding hydrogens is 475 g/mol. The molecule has 0 aliphatic carbocycles. The molecule has 2 aromatic carbocycles. The largest absolute Gasteiger partial charge is 0.407 e. The number of allylic oxidation sites excluding steroid dienone is 1. The summed E-state index contributed by atoms with van der Waals surface area (Å²) in [4.78, 5) is 11.1. The second-order valence-electron chi connectivity index (χ2n) is 8.15. The van der Waals surface area contributed by atoms with Gasteiger partial charge in [0.15, 0.2) is 0 Å². The average Bonchev–Trinajstić information content (AvgIpc) is 2.65. The molecule has 0 aliphatic heterocycles. The lowest BCUT2D eigenvalue weighted by atomic mass is 10.2. The number of ketones is 1. The topological polar surface area (TPSA) is 26.3 Å². The molecule has 0 radical (unpaired) electrons. The Labute approximate surface area is 184 Å². The highest BCUT2D eigenvalue weighted by Crippen LogP contribution is 2.37. The molecule has 0 spiro atoms. The molecule has 0 amide bonds. The molecule has 0 fully saturated rings. The van der Waals surface area contributed by atoms with Crippen LogP contribution in [0.2, 0.25) is 5.04 Å². The van der Waals surface area contributed by atoms with Gasteiger partial charge in [-0.2, -0.15) is 0 Å². The molecule has 0 heterocycles. The molecule has 0 atom stereocenters. The zero-order valence-electron chi connectivity index (χ0n) is 17.4. The Bertz CT molecular complexity index is 740. The van der Waals surface area contributed by atoms with Crippen molar-refractivity contribution < 1.29 is 9.22 Å². The quantitative estimate of drug-likeness (QED) is 0.325. The smallest absolute Gasteiger partial charge is 0.261 e. The first-order valence-corrected chi connectivity index (χ1v) is 12.8. The minimum Gasteiger partial charge on any atom is -0.407 e. The van der Waals surface area contributed by atoms with E-state index in [0.29, 0.717) is 13.0 Å². The number of carbonyl (C=O) groups excluding carboxylic acids is 1. The summed E-state index contributed by atoms with van der Waals surface area (Å²) in [6.45, 7) is 9.22. The van der Waals surface area contributed by atoms with Gasteiger partial charge in [-0.05, 0) is 61.3 Å². The summed E-state index contributed by atoms with van der Waals surface area (Å²) in [7, 11) is -2.45. The van der Waals surface area contributed by atoms with Crippen LogP contribution in [-0.4, -0.2) is 20.7 Å². The Kier molecular flexibility index (Phi) is 8.65. The lowest BCUT2D eigenvalue weighted by Crippen LogP contribution is -2.66. The van der Waals surface area contributed by atoms with E-state index >= 15 is 0 Å². The molecule has 4 heteroatoms. The number of Topliss-reactive ketones (excluding diaryl/α,β-unsaturated/α-hetero) is 1. The lowest BCUT2D eigenvalue weighted by Gasteiger charge is -2.43. The van der Waals surface area contributed by atoms with Crippen LogP contribution in [0.1, 0.15) is 47.0 Å². The van der Waals surface area contributed by atoms with E-state index in [0.717, 1.165) is 12.8 Å². The van der Waals surface area contributed by atoms with Gasteiger partial charge in [0.1, 0.15) is 5.78 Å². The number of halogens is 1. The van der Waals surface area contributed by atoms with E-state index < -0.39 is 8.32 Å². The predicted molar refractivity (Wildman–Crippen MR) is 130 cm³/mol. The van der Waals surface area contributed by atoms with Crippen LogP contribution < -0.4 is 10.4 Å². The Balaban J connectivity index is 2.30. The molecule has 2 nitrogen and oxygen atoms in total. The number of hydrogen-bond acceptors (Lipinski definition) is 2. The van der Waals surface area contributed by atoms with E-state index in [9.17, 15) is 4.79 Å². The summed E-state index contributed by atoms with van der Waals surface area (Å²) in [5, 5.41) is 2.62. The van der Waals surface area contributed by atoms with Gasteiger partial charge in [-0.1, -0.05) is 87.5 Å². The SMILES string of the molecule is CC(=O)CC/C=C(\I)CCO[Si](c1ccccc1)(c1ccccc1)C(C)(C)C. The van der Waals surface area contributed by atoms with Crippen molar-refractivity contribution in [3.8, 4) is 0 Å². The Morgan fingerprint density at radius 1 is 0.964 bits per heavy atom. The standard InChI is InChI=1S/C24H31IO2Si/c1-20(26)12-11-13-21(25)18-19-27-28(24(2,3)4,22-14-7-5-8-15-22)23-16-9-6-10-17-23/h5-10,13-17H,11-12,18-19H2,1-4H3/b21-13-. The number of carbonyl (C=O) groups is 1. The van der Waals surface area contributed by atoms with Gasteiger partial charge in [-0.15, -0.1) is 0 Å². The number of benzene rings is 2. The second kappa shape index (κ2) is 10.5. The van der Waals surface area contributed by atoms with Crippen LogP contribution >= 0.6 is 22.6 Å². The van der Waals surface area contributed by atoms with Crippen molar-refractivity contribution in [2.45, 2.75) is 52.0 Å². The first-order valence-electron chi connectivity index (χ1n) is 9.86. The highest BCUT2D eigenvalue weighted by atomic mass is 127. The van der Waals surface area contributed by atoms with Gasteiger partial charge in [0.2, 0.25) is 0 Å². The second-order valence-corrected chi connectivity index (χ2v) is 13.8. The lowest BCUT2D eigenvalue weighted by molar-refractivity contribution is -0.116. The van der Waals surface area contributed by atoms with E-state index in [2.05, 4.69) is 110 Å². The summed E-state index contributed by atoms with van der Waals surface area (Å²) in [5.74, 6) is 0.240. The maximum absolute atomic E-state index is 11.1. The van der Waals surface area contributed by atoms with Gasteiger partial charge >= 0.3 is 0 Å². The number of rotatable bonds is 9. The normalized spacial score (nSPS) is 12.8. The zero-order chi connectivity index (χ0) is 20.6. The predicted octanol–water partition coefficient (Wildman–Crippen LogP) is 5.64. The maximum atomic E-state index is 11.1. The molecule has 28 heavy (non-hydrogen) atoms. The fourth-order valence-electron chi connectivity index (χ4n) is 3.60. The molecule has 0 saturated heterocycles.